The highest BCUT2D eigenvalue weighted by Gasteiger charge is 2.13. The average molecular weight is 295 g/mol. The summed E-state index contributed by atoms with van der Waals surface area (Å²) in [6.45, 7) is 1.87. The molecule has 0 bridgehead atoms. The number of hydrogen-bond donors (Lipinski definition) is 1. The molecular weight excluding hydrogens is 279 g/mol. The zero-order valence-corrected chi connectivity index (χ0v) is 11.8. The first-order chi connectivity index (χ1) is 10.0. The van der Waals surface area contributed by atoms with Crippen LogP contribution in [0.3, 0.4) is 0 Å². The van der Waals surface area contributed by atoms with Crippen molar-refractivity contribution < 1.29 is 17.9 Å². The van der Waals surface area contributed by atoms with Gasteiger partial charge in [-0.05, 0) is 25.0 Å². The standard InChI is InChI=1S/C16H16F3NO/c1-10(7-11-5-3-4-6-15(11)21-2)20-12-8-13(17)16(19)14(18)9-12/h3-6,8-10,20H,7H2,1-2H3. The highest BCUT2D eigenvalue weighted by Crippen LogP contribution is 2.22. The highest BCUT2D eigenvalue weighted by molar-refractivity contribution is 5.45. The summed E-state index contributed by atoms with van der Waals surface area (Å²) in [5.41, 5.74) is 1.18. The van der Waals surface area contributed by atoms with Gasteiger partial charge in [0.05, 0.1) is 7.11 Å². The molecule has 0 amide bonds. The third-order valence-corrected chi connectivity index (χ3v) is 3.12. The summed E-state index contributed by atoms with van der Waals surface area (Å²) >= 11 is 0. The number of methoxy groups -OCH3 is 1. The van der Waals surface area contributed by atoms with Crippen molar-refractivity contribution in [2.45, 2.75) is 19.4 Å². The Kier molecular flexibility index (Phi) is 4.73. The maximum atomic E-state index is 13.2. The summed E-state index contributed by atoms with van der Waals surface area (Å²) in [6.07, 6.45) is 0.602. The van der Waals surface area contributed by atoms with E-state index in [9.17, 15) is 13.2 Å². The molecule has 2 aromatic rings. The van der Waals surface area contributed by atoms with Gasteiger partial charge in [-0.15, -0.1) is 0 Å². The van der Waals surface area contributed by atoms with Crippen LogP contribution >= 0.6 is 0 Å². The van der Waals surface area contributed by atoms with Crippen LogP contribution in [0.15, 0.2) is 36.4 Å². The van der Waals surface area contributed by atoms with Crippen molar-refractivity contribution in [2.24, 2.45) is 0 Å². The third kappa shape index (κ3) is 3.68. The molecule has 2 aromatic carbocycles. The van der Waals surface area contributed by atoms with Gasteiger partial charge in [0, 0.05) is 23.9 Å². The minimum absolute atomic E-state index is 0.106. The van der Waals surface area contributed by atoms with Crippen LogP contribution in [0, 0.1) is 17.5 Å². The van der Waals surface area contributed by atoms with E-state index < -0.39 is 17.5 Å². The van der Waals surface area contributed by atoms with E-state index in [1.165, 1.54) is 0 Å². The van der Waals surface area contributed by atoms with Crippen LogP contribution in [0.25, 0.3) is 0 Å². The summed E-state index contributed by atoms with van der Waals surface area (Å²) in [6, 6.07) is 9.30. The number of nitrogens with one attached hydrogen (secondary N) is 1. The number of hydrogen-bond acceptors (Lipinski definition) is 2. The number of ether oxygens (including phenoxy) is 1. The highest BCUT2D eigenvalue weighted by atomic mass is 19.2. The molecule has 2 nitrogen and oxygen atoms in total. The Morgan fingerprint density at radius 2 is 1.71 bits per heavy atom. The largest absolute Gasteiger partial charge is 0.496 e. The molecule has 1 atom stereocenters. The molecule has 0 saturated carbocycles. The second kappa shape index (κ2) is 6.52. The van der Waals surface area contributed by atoms with Gasteiger partial charge in [0.1, 0.15) is 5.75 Å². The van der Waals surface area contributed by atoms with Crippen LogP contribution in [0.5, 0.6) is 5.75 Å². The fourth-order valence-corrected chi connectivity index (χ4v) is 2.18. The lowest BCUT2D eigenvalue weighted by Gasteiger charge is -2.17. The molecule has 21 heavy (non-hydrogen) atoms. The lowest BCUT2D eigenvalue weighted by molar-refractivity contribution is 0.409. The van der Waals surface area contributed by atoms with Crippen molar-refractivity contribution >= 4 is 5.69 Å². The molecule has 1 unspecified atom stereocenters. The topological polar surface area (TPSA) is 21.3 Å². The van der Waals surface area contributed by atoms with Crippen molar-refractivity contribution in [1.29, 1.82) is 0 Å². The molecule has 0 aliphatic heterocycles. The molecule has 112 valence electrons. The summed E-state index contributed by atoms with van der Waals surface area (Å²) in [5, 5.41) is 2.95. The number of halogens is 3. The van der Waals surface area contributed by atoms with Crippen molar-refractivity contribution in [3.63, 3.8) is 0 Å². The molecule has 0 fully saturated rings. The van der Waals surface area contributed by atoms with E-state index >= 15 is 0 Å². The molecule has 0 spiro atoms. The molecule has 0 heterocycles. The van der Waals surface area contributed by atoms with Gasteiger partial charge in [-0.25, -0.2) is 13.2 Å². The van der Waals surface area contributed by atoms with Gasteiger partial charge in [-0.2, -0.15) is 0 Å². The average Bonchev–Trinajstić information content (AvgIpc) is 2.45. The van der Waals surface area contributed by atoms with Crippen LogP contribution in [-0.2, 0) is 6.42 Å². The first-order valence-electron chi connectivity index (χ1n) is 6.54. The SMILES string of the molecule is COc1ccccc1CC(C)Nc1cc(F)c(F)c(F)c1. The molecule has 2 rings (SSSR count). The molecular formula is C16H16F3NO. The minimum Gasteiger partial charge on any atom is -0.496 e. The van der Waals surface area contributed by atoms with E-state index in [0.717, 1.165) is 23.4 Å². The van der Waals surface area contributed by atoms with E-state index in [1.54, 1.807) is 7.11 Å². The second-order valence-corrected chi connectivity index (χ2v) is 4.82. The van der Waals surface area contributed by atoms with E-state index in [-0.39, 0.29) is 11.7 Å². The number of benzene rings is 2. The summed E-state index contributed by atoms with van der Waals surface area (Å²) in [7, 11) is 1.58. The van der Waals surface area contributed by atoms with Crippen LogP contribution in [0.2, 0.25) is 0 Å². The molecule has 5 heteroatoms. The molecule has 0 radical (unpaired) electrons. The molecule has 0 aliphatic carbocycles. The van der Waals surface area contributed by atoms with Gasteiger partial charge < -0.3 is 10.1 Å². The van der Waals surface area contributed by atoms with Gasteiger partial charge in [-0.1, -0.05) is 18.2 Å². The predicted molar refractivity (Wildman–Crippen MR) is 76.1 cm³/mol. The maximum Gasteiger partial charge on any atom is 0.194 e. The Bertz CT molecular complexity index is 608. The summed E-state index contributed by atoms with van der Waals surface area (Å²) in [4.78, 5) is 0. The maximum absolute atomic E-state index is 13.2. The van der Waals surface area contributed by atoms with Gasteiger partial charge in [-0.3, -0.25) is 0 Å². The first kappa shape index (κ1) is 15.2. The molecule has 0 aliphatic rings. The number of rotatable bonds is 5. The fraction of sp³-hybridized carbons (Fsp3) is 0.250. The van der Waals surface area contributed by atoms with Crippen LogP contribution in [0.4, 0.5) is 18.9 Å². The Balaban J connectivity index is 2.10. The summed E-state index contributed by atoms with van der Waals surface area (Å²) in [5.74, 6) is -3.12. The lowest BCUT2D eigenvalue weighted by Crippen LogP contribution is -2.19. The van der Waals surface area contributed by atoms with Crippen molar-refractivity contribution in [3.05, 3.63) is 59.4 Å². The number of anilines is 1. The van der Waals surface area contributed by atoms with E-state index in [0.29, 0.717) is 6.42 Å². The van der Waals surface area contributed by atoms with Crippen LogP contribution < -0.4 is 10.1 Å². The molecule has 1 N–H and O–H groups in total. The molecule has 0 saturated heterocycles. The van der Waals surface area contributed by atoms with Gasteiger partial charge in [0.25, 0.3) is 0 Å². The Morgan fingerprint density at radius 3 is 2.33 bits per heavy atom. The number of para-hydroxylation sites is 1. The first-order valence-corrected chi connectivity index (χ1v) is 6.54. The second-order valence-electron chi connectivity index (χ2n) is 4.82. The normalized spacial score (nSPS) is 12.0. The van der Waals surface area contributed by atoms with E-state index in [4.69, 9.17) is 4.74 Å². The quantitative estimate of drug-likeness (QED) is 0.836. The monoisotopic (exact) mass is 295 g/mol. The van der Waals surface area contributed by atoms with Gasteiger partial charge in [0.15, 0.2) is 17.5 Å². The van der Waals surface area contributed by atoms with Gasteiger partial charge >= 0.3 is 0 Å². The van der Waals surface area contributed by atoms with Crippen molar-refractivity contribution in [3.8, 4) is 5.75 Å². The van der Waals surface area contributed by atoms with Gasteiger partial charge in [0.2, 0.25) is 0 Å². The smallest absolute Gasteiger partial charge is 0.194 e. The Morgan fingerprint density at radius 1 is 1.10 bits per heavy atom. The minimum atomic E-state index is -1.46. The van der Waals surface area contributed by atoms with E-state index in [2.05, 4.69) is 5.32 Å². The van der Waals surface area contributed by atoms with Crippen molar-refractivity contribution in [2.75, 3.05) is 12.4 Å². The third-order valence-electron chi connectivity index (χ3n) is 3.12. The Hall–Kier alpha value is -2.17. The molecule has 0 aromatic heterocycles. The fourth-order valence-electron chi connectivity index (χ4n) is 2.18. The zero-order valence-electron chi connectivity index (χ0n) is 11.8. The lowest BCUT2D eigenvalue weighted by atomic mass is 10.1. The van der Waals surface area contributed by atoms with Crippen LogP contribution in [-0.4, -0.2) is 13.2 Å². The zero-order chi connectivity index (χ0) is 15.4. The predicted octanol–water partition coefficient (Wildman–Crippen LogP) is 4.16. The van der Waals surface area contributed by atoms with Crippen LogP contribution in [0.1, 0.15) is 12.5 Å². The Labute approximate surface area is 121 Å². The summed E-state index contributed by atoms with van der Waals surface area (Å²) < 4.78 is 44.5. The van der Waals surface area contributed by atoms with Crippen molar-refractivity contribution in [1.82, 2.24) is 0 Å². The van der Waals surface area contributed by atoms with E-state index in [1.807, 2.05) is 31.2 Å².